The molecule has 108 valence electrons. The number of aryl methyl sites for hydroxylation is 2. The molecule has 1 heterocycles. The monoisotopic (exact) mass is 298 g/mol. The lowest BCUT2D eigenvalue weighted by Gasteiger charge is -2.09. The second-order valence-electron chi connectivity index (χ2n) is 4.46. The van der Waals surface area contributed by atoms with Crippen LogP contribution in [0, 0.1) is 19.7 Å². The Balaban J connectivity index is 2.43. The fourth-order valence-electron chi connectivity index (χ4n) is 1.80. The van der Waals surface area contributed by atoms with Crippen molar-refractivity contribution in [1.82, 2.24) is 9.78 Å². The molecule has 0 aliphatic heterocycles. The van der Waals surface area contributed by atoms with Gasteiger partial charge in [-0.15, -0.1) is 0 Å². The molecule has 2 rings (SSSR count). The third-order valence-electron chi connectivity index (χ3n) is 3.02. The van der Waals surface area contributed by atoms with Crippen molar-refractivity contribution in [1.29, 1.82) is 0 Å². The maximum absolute atomic E-state index is 13.1. The molecule has 2 aromatic rings. The molecule has 8 heteroatoms. The third-order valence-corrected chi connectivity index (χ3v) is 4.37. The Labute approximate surface area is 116 Å². The molecule has 0 unspecified atom stereocenters. The van der Waals surface area contributed by atoms with E-state index in [2.05, 4.69) is 9.82 Å². The molecule has 0 bridgehead atoms. The van der Waals surface area contributed by atoms with E-state index >= 15 is 0 Å². The normalized spacial score (nSPS) is 11.6. The van der Waals surface area contributed by atoms with Crippen molar-refractivity contribution in [3.05, 3.63) is 35.4 Å². The number of halogens is 1. The minimum atomic E-state index is -3.83. The standard InChI is InChI=1S/C12H15FN4O2S/c1-7-12(8(2)17(3)15-7)16-20(18,19)9-4-5-10(13)11(14)6-9/h4-6,16H,14H2,1-3H3. The summed E-state index contributed by atoms with van der Waals surface area (Å²) in [6, 6.07) is 3.26. The Bertz CT molecular complexity index is 768. The molecule has 20 heavy (non-hydrogen) atoms. The Morgan fingerprint density at radius 2 is 2.00 bits per heavy atom. The van der Waals surface area contributed by atoms with Crippen LogP contribution in [0.1, 0.15) is 11.4 Å². The summed E-state index contributed by atoms with van der Waals surface area (Å²) in [5, 5.41) is 4.13. The SMILES string of the molecule is Cc1nn(C)c(C)c1NS(=O)(=O)c1ccc(F)c(N)c1. The first-order chi connectivity index (χ1) is 9.22. The van der Waals surface area contributed by atoms with Crippen LogP contribution in [0.15, 0.2) is 23.1 Å². The molecule has 0 fully saturated rings. The molecular weight excluding hydrogens is 283 g/mol. The number of nitrogen functional groups attached to an aromatic ring is 1. The summed E-state index contributed by atoms with van der Waals surface area (Å²) in [5.74, 6) is -0.655. The summed E-state index contributed by atoms with van der Waals surface area (Å²) in [5.41, 5.74) is 6.83. The highest BCUT2D eigenvalue weighted by molar-refractivity contribution is 7.92. The van der Waals surface area contributed by atoms with E-state index in [1.807, 2.05) is 0 Å². The van der Waals surface area contributed by atoms with E-state index in [9.17, 15) is 12.8 Å². The molecule has 0 amide bonds. The minimum Gasteiger partial charge on any atom is -0.396 e. The van der Waals surface area contributed by atoms with Crippen LogP contribution in [0.3, 0.4) is 0 Å². The Morgan fingerprint density at radius 3 is 2.50 bits per heavy atom. The number of sulfonamides is 1. The number of aromatic nitrogens is 2. The van der Waals surface area contributed by atoms with Crippen molar-refractivity contribution in [3.8, 4) is 0 Å². The average Bonchev–Trinajstić information content (AvgIpc) is 2.59. The second kappa shape index (κ2) is 4.78. The highest BCUT2D eigenvalue weighted by Crippen LogP contribution is 2.24. The van der Waals surface area contributed by atoms with Crippen molar-refractivity contribution in [2.45, 2.75) is 18.7 Å². The van der Waals surface area contributed by atoms with Crippen LogP contribution in [0.2, 0.25) is 0 Å². The van der Waals surface area contributed by atoms with Crippen LogP contribution in [0.5, 0.6) is 0 Å². The van der Waals surface area contributed by atoms with E-state index in [1.165, 1.54) is 0 Å². The third kappa shape index (κ3) is 2.46. The van der Waals surface area contributed by atoms with Gasteiger partial charge in [0, 0.05) is 7.05 Å². The lowest BCUT2D eigenvalue weighted by molar-refractivity contribution is 0.600. The quantitative estimate of drug-likeness (QED) is 0.841. The number of anilines is 2. The summed E-state index contributed by atoms with van der Waals surface area (Å²) in [7, 11) is -2.12. The highest BCUT2D eigenvalue weighted by atomic mass is 32.2. The van der Waals surface area contributed by atoms with Gasteiger partial charge in [-0.05, 0) is 32.0 Å². The number of rotatable bonds is 3. The molecule has 0 atom stereocenters. The van der Waals surface area contributed by atoms with Gasteiger partial charge in [0.1, 0.15) is 5.82 Å². The zero-order valence-corrected chi connectivity index (χ0v) is 12.1. The van der Waals surface area contributed by atoms with E-state index in [0.717, 1.165) is 18.2 Å². The fourth-order valence-corrected chi connectivity index (χ4v) is 3.01. The van der Waals surface area contributed by atoms with Crippen LogP contribution < -0.4 is 10.5 Å². The van der Waals surface area contributed by atoms with Gasteiger partial charge in [-0.1, -0.05) is 0 Å². The van der Waals surface area contributed by atoms with Gasteiger partial charge in [0.05, 0.1) is 27.7 Å². The van der Waals surface area contributed by atoms with Gasteiger partial charge in [-0.2, -0.15) is 5.10 Å². The van der Waals surface area contributed by atoms with Crippen LogP contribution in [-0.2, 0) is 17.1 Å². The predicted molar refractivity (Wildman–Crippen MR) is 74.3 cm³/mol. The van der Waals surface area contributed by atoms with Gasteiger partial charge in [0.2, 0.25) is 0 Å². The van der Waals surface area contributed by atoms with Crippen molar-refractivity contribution in [3.63, 3.8) is 0 Å². The van der Waals surface area contributed by atoms with E-state index < -0.39 is 15.8 Å². The van der Waals surface area contributed by atoms with Crippen LogP contribution in [-0.4, -0.2) is 18.2 Å². The average molecular weight is 298 g/mol. The first-order valence-electron chi connectivity index (χ1n) is 5.80. The lowest BCUT2D eigenvalue weighted by atomic mass is 10.3. The van der Waals surface area contributed by atoms with Gasteiger partial charge in [0.15, 0.2) is 0 Å². The van der Waals surface area contributed by atoms with Gasteiger partial charge in [-0.25, -0.2) is 12.8 Å². The maximum Gasteiger partial charge on any atom is 0.262 e. The number of nitrogens with one attached hydrogen (secondary N) is 1. The number of nitrogens with two attached hydrogens (primary N) is 1. The van der Waals surface area contributed by atoms with E-state index in [-0.39, 0.29) is 10.6 Å². The lowest BCUT2D eigenvalue weighted by Crippen LogP contribution is -2.14. The minimum absolute atomic E-state index is 0.0981. The van der Waals surface area contributed by atoms with Crippen molar-refractivity contribution >= 4 is 21.4 Å². The van der Waals surface area contributed by atoms with E-state index in [0.29, 0.717) is 17.1 Å². The van der Waals surface area contributed by atoms with Crippen molar-refractivity contribution in [2.24, 2.45) is 7.05 Å². The summed E-state index contributed by atoms with van der Waals surface area (Å²) in [4.78, 5) is -0.0981. The molecule has 1 aromatic carbocycles. The number of hydrogen-bond donors (Lipinski definition) is 2. The zero-order chi connectivity index (χ0) is 15.1. The number of hydrogen-bond acceptors (Lipinski definition) is 4. The molecular formula is C12H15FN4O2S. The van der Waals surface area contributed by atoms with Crippen LogP contribution >= 0.6 is 0 Å². The largest absolute Gasteiger partial charge is 0.396 e. The molecule has 0 spiro atoms. The smallest absolute Gasteiger partial charge is 0.262 e. The maximum atomic E-state index is 13.1. The summed E-state index contributed by atoms with van der Waals surface area (Å²) in [6.07, 6.45) is 0. The van der Waals surface area contributed by atoms with Crippen LogP contribution in [0.25, 0.3) is 0 Å². The van der Waals surface area contributed by atoms with Crippen LogP contribution in [0.4, 0.5) is 15.8 Å². The fraction of sp³-hybridized carbons (Fsp3) is 0.250. The molecule has 0 saturated heterocycles. The Hall–Kier alpha value is -2.09. The molecule has 1 aromatic heterocycles. The molecule has 0 saturated carbocycles. The van der Waals surface area contributed by atoms with Gasteiger partial charge in [0.25, 0.3) is 10.0 Å². The molecule has 0 aliphatic rings. The molecule has 3 N–H and O–H groups in total. The Kier molecular flexibility index (Phi) is 3.43. The molecule has 6 nitrogen and oxygen atoms in total. The van der Waals surface area contributed by atoms with Gasteiger partial charge in [-0.3, -0.25) is 9.40 Å². The Morgan fingerprint density at radius 1 is 1.35 bits per heavy atom. The van der Waals surface area contributed by atoms with Gasteiger partial charge < -0.3 is 5.73 Å². The molecule has 0 radical (unpaired) electrons. The topological polar surface area (TPSA) is 90.0 Å². The summed E-state index contributed by atoms with van der Waals surface area (Å²) in [6.45, 7) is 3.45. The summed E-state index contributed by atoms with van der Waals surface area (Å²) < 4.78 is 41.6. The number of benzene rings is 1. The predicted octanol–water partition coefficient (Wildman–Crippen LogP) is 1.56. The first kappa shape index (κ1) is 14.3. The zero-order valence-electron chi connectivity index (χ0n) is 11.3. The molecule has 0 aliphatic carbocycles. The second-order valence-corrected chi connectivity index (χ2v) is 6.14. The first-order valence-corrected chi connectivity index (χ1v) is 7.28. The summed E-state index contributed by atoms with van der Waals surface area (Å²) >= 11 is 0. The van der Waals surface area contributed by atoms with E-state index in [1.54, 1.807) is 25.6 Å². The highest BCUT2D eigenvalue weighted by Gasteiger charge is 2.20. The van der Waals surface area contributed by atoms with Crippen molar-refractivity contribution in [2.75, 3.05) is 10.5 Å². The van der Waals surface area contributed by atoms with E-state index in [4.69, 9.17) is 5.73 Å². The number of nitrogens with zero attached hydrogens (tertiary/aromatic N) is 2. The van der Waals surface area contributed by atoms with Gasteiger partial charge >= 0.3 is 0 Å². The van der Waals surface area contributed by atoms with Crippen molar-refractivity contribution < 1.29 is 12.8 Å².